The van der Waals surface area contributed by atoms with E-state index in [0.29, 0.717) is 12.3 Å². The van der Waals surface area contributed by atoms with E-state index in [9.17, 15) is 9.59 Å². The van der Waals surface area contributed by atoms with E-state index in [1.807, 2.05) is 30.3 Å². The number of benzene rings is 2. The molecule has 0 aliphatic heterocycles. The van der Waals surface area contributed by atoms with Crippen molar-refractivity contribution in [2.24, 2.45) is 11.8 Å². The molecular weight excluding hydrogens is 336 g/mol. The summed E-state index contributed by atoms with van der Waals surface area (Å²) in [6.45, 7) is 1.54. The normalized spacial score (nSPS) is 20.7. The van der Waals surface area contributed by atoms with Crippen molar-refractivity contribution in [1.29, 1.82) is 0 Å². The molecule has 3 heteroatoms. The van der Waals surface area contributed by atoms with E-state index in [1.54, 1.807) is 7.11 Å². The third-order valence-electron chi connectivity index (χ3n) is 5.85. The molecule has 0 N–H and O–H groups in total. The summed E-state index contributed by atoms with van der Waals surface area (Å²) in [5, 5.41) is 0. The highest BCUT2D eigenvalue weighted by Crippen LogP contribution is 2.37. The van der Waals surface area contributed by atoms with E-state index in [2.05, 4.69) is 24.3 Å². The van der Waals surface area contributed by atoms with Gasteiger partial charge in [-0.15, -0.1) is 0 Å². The summed E-state index contributed by atoms with van der Waals surface area (Å²) < 4.78 is 5.39. The smallest absolute Gasteiger partial charge is 0.146 e. The van der Waals surface area contributed by atoms with E-state index >= 15 is 0 Å². The Morgan fingerprint density at radius 2 is 1.59 bits per heavy atom. The maximum atomic E-state index is 13.1. The Kier molecular flexibility index (Phi) is 6.44. The summed E-state index contributed by atoms with van der Waals surface area (Å²) in [4.78, 5) is 25.4. The summed E-state index contributed by atoms with van der Waals surface area (Å²) in [5.74, 6) is 0.758. The monoisotopic (exact) mass is 364 g/mol. The van der Waals surface area contributed by atoms with Crippen LogP contribution in [-0.2, 0) is 16.0 Å². The van der Waals surface area contributed by atoms with Gasteiger partial charge in [-0.05, 0) is 62.1 Å². The van der Waals surface area contributed by atoms with Crippen molar-refractivity contribution in [3.63, 3.8) is 0 Å². The predicted octanol–water partition coefficient (Wildman–Crippen LogP) is 4.99. The van der Waals surface area contributed by atoms with Gasteiger partial charge in [-0.2, -0.15) is 0 Å². The fraction of sp³-hybridized carbons (Fsp3) is 0.417. The van der Waals surface area contributed by atoms with Gasteiger partial charge < -0.3 is 4.74 Å². The molecule has 27 heavy (non-hydrogen) atoms. The van der Waals surface area contributed by atoms with Crippen LogP contribution >= 0.6 is 0 Å². The highest BCUT2D eigenvalue weighted by molar-refractivity contribution is 6.02. The predicted molar refractivity (Wildman–Crippen MR) is 107 cm³/mol. The Bertz CT molecular complexity index is 773. The van der Waals surface area contributed by atoms with Crippen molar-refractivity contribution in [3.8, 4) is 5.75 Å². The molecule has 0 amide bonds. The fourth-order valence-corrected chi connectivity index (χ4v) is 4.26. The van der Waals surface area contributed by atoms with Crippen LogP contribution in [0.2, 0.25) is 0 Å². The number of methoxy groups -OCH3 is 1. The zero-order valence-corrected chi connectivity index (χ0v) is 16.2. The maximum Gasteiger partial charge on any atom is 0.146 e. The number of Topliss-reactive ketones (excluding diaryl/α,β-unsaturated/α-hetero) is 2. The second kappa shape index (κ2) is 8.98. The van der Waals surface area contributed by atoms with Crippen LogP contribution < -0.4 is 4.74 Å². The molecule has 1 aliphatic rings. The summed E-state index contributed by atoms with van der Waals surface area (Å²) in [7, 11) is 1.62. The quantitative estimate of drug-likeness (QED) is 0.650. The first-order valence-electron chi connectivity index (χ1n) is 9.81. The molecule has 3 rings (SSSR count). The van der Waals surface area contributed by atoms with E-state index in [1.165, 1.54) is 12.5 Å². The molecule has 1 saturated carbocycles. The second-order valence-corrected chi connectivity index (χ2v) is 7.54. The number of carbonyl (C=O) groups excluding carboxylic acids is 2. The van der Waals surface area contributed by atoms with Crippen LogP contribution in [-0.4, -0.2) is 18.7 Å². The Morgan fingerprint density at radius 3 is 2.22 bits per heavy atom. The molecule has 0 heterocycles. The summed E-state index contributed by atoms with van der Waals surface area (Å²) in [5.41, 5.74) is 2.28. The number of hydrogen-bond donors (Lipinski definition) is 0. The van der Waals surface area contributed by atoms with Gasteiger partial charge in [0.2, 0.25) is 0 Å². The number of para-hydroxylation sites is 1. The molecule has 1 aliphatic carbocycles. The number of ether oxygens (including phenoxy) is 1. The van der Waals surface area contributed by atoms with Crippen molar-refractivity contribution < 1.29 is 14.3 Å². The summed E-state index contributed by atoms with van der Waals surface area (Å²) in [6.07, 6.45) is 4.19. The molecule has 1 atom stereocenters. The number of hydrogen-bond acceptors (Lipinski definition) is 3. The van der Waals surface area contributed by atoms with Crippen molar-refractivity contribution in [2.75, 3.05) is 7.11 Å². The van der Waals surface area contributed by atoms with Gasteiger partial charge in [-0.3, -0.25) is 9.59 Å². The minimum Gasteiger partial charge on any atom is -0.496 e. The Morgan fingerprint density at radius 1 is 0.963 bits per heavy atom. The van der Waals surface area contributed by atoms with Gasteiger partial charge in [0, 0.05) is 5.92 Å². The van der Waals surface area contributed by atoms with Crippen molar-refractivity contribution in [2.45, 2.75) is 44.9 Å². The summed E-state index contributed by atoms with van der Waals surface area (Å²) >= 11 is 0. The lowest BCUT2D eigenvalue weighted by Gasteiger charge is -2.30. The first-order valence-corrected chi connectivity index (χ1v) is 9.81. The second-order valence-electron chi connectivity index (χ2n) is 7.54. The van der Waals surface area contributed by atoms with Crippen LogP contribution in [0.15, 0.2) is 54.6 Å². The topological polar surface area (TPSA) is 43.4 Å². The van der Waals surface area contributed by atoms with Crippen LogP contribution in [0.4, 0.5) is 0 Å². The van der Waals surface area contributed by atoms with Crippen LogP contribution in [0, 0.1) is 11.8 Å². The molecule has 0 spiro atoms. The van der Waals surface area contributed by atoms with Gasteiger partial charge in [0.25, 0.3) is 0 Å². The van der Waals surface area contributed by atoms with E-state index in [0.717, 1.165) is 37.0 Å². The lowest BCUT2D eigenvalue weighted by atomic mass is 9.73. The van der Waals surface area contributed by atoms with Crippen molar-refractivity contribution >= 4 is 11.6 Å². The fourth-order valence-electron chi connectivity index (χ4n) is 4.26. The highest BCUT2D eigenvalue weighted by atomic mass is 16.5. The third-order valence-corrected chi connectivity index (χ3v) is 5.85. The molecule has 2 aromatic rings. The standard InChI is InChI=1S/C24H28O3/c1-17(25)22(16-21-10-6-7-11-23(21)27-2)24(26)20-14-12-19(13-15-20)18-8-4-3-5-9-18/h3-11,19-20,22H,12-16H2,1-2H3. The zero-order chi connectivity index (χ0) is 19.2. The third kappa shape index (κ3) is 4.65. The van der Waals surface area contributed by atoms with Crippen LogP contribution in [0.25, 0.3) is 0 Å². The van der Waals surface area contributed by atoms with Crippen molar-refractivity contribution in [1.82, 2.24) is 0 Å². The highest BCUT2D eigenvalue weighted by Gasteiger charge is 2.33. The largest absolute Gasteiger partial charge is 0.496 e. The first-order chi connectivity index (χ1) is 13.1. The molecule has 0 radical (unpaired) electrons. The summed E-state index contributed by atoms with van der Waals surface area (Å²) in [6, 6.07) is 18.2. The van der Waals surface area contributed by atoms with Gasteiger partial charge in [0.05, 0.1) is 13.0 Å². The number of carbonyl (C=O) groups is 2. The van der Waals surface area contributed by atoms with E-state index in [-0.39, 0.29) is 17.5 Å². The van der Waals surface area contributed by atoms with Crippen LogP contribution in [0.5, 0.6) is 5.75 Å². The first kappa shape index (κ1) is 19.3. The van der Waals surface area contributed by atoms with Gasteiger partial charge in [0.1, 0.15) is 17.3 Å². The number of ketones is 2. The molecule has 142 valence electrons. The molecule has 1 unspecified atom stereocenters. The van der Waals surface area contributed by atoms with Gasteiger partial charge >= 0.3 is 0 Å². The van der Waals surface area contributed by atoms with Gasteiger partial charge in [0.15, 0.2) is 0 Å². The molecule has 3 nitrogen and oxygen atoms in total. The molecule has 0 aromatic heterocycles. The Labute approximate surface area is 161 Å². The minimum absolute atomic E-state index is 0.00595. The van der Waals surface area contributed by atoms with E-state index in [4.69, 9.17) is 4.74 Å². The SMILES string of the molecule is COc1ccccc1CC(C(C)=O)C(=O)C1CCC(c2ccccc2)CC1. The lowest BCUT2D eigenvalue weighted by Crippen LogP contribution is -2.32. The minimum atomic E-state index is -0.570. The van der Waals surface area contributed by atoms with Crippen LogP contribution in [0.1, 0.15) is 49.7 Å². The number of rotatable bonds is 7. The van der Waals surface area contributed by atoms with Gasteiger partial charge in [-0.25, -0.2) is 0 Å². The van der Waals surface area contributed by atoms with Gasteiger partial charge in [-0.1, -0.05) is 48.5 Å². The maximum absolute atomic E-state index is 13.1. The van der Waals surface area contributed by atoms with E-state index < -0.39 is 5.92 Å². The molecule has 2 aromatic carbocycles. The zero-order valence-electron chi connectivity index (χ0n) is 16.2. The Balaban J connectivity index is 1.66. The van der Waals surface area contributed by atoms with Crippen molar-refractivity contribution in [3.05, 3.63) is 65.7 Å². The van der Waals surface area contributed by atoms with Crippen LogP contribution in [0.3, 0.4) is 0 Å². The molecule has 0 bridgehead atoms. The average Bonchev–Trinajstić information content (AvgIpc) is 2.72. The average molecular weight is 364 g/mol. The lowest BCUT2D eigenvalue weighted by molar-refractivity contribution is -0.134. The molecule has 0 saturated heterocycles. The molecular formula is C24H28O3. The Hall–Kier alpha value is -2.42. The molecule has 1 fully saturated rings.